The van der Waals surface area contributed by atoms with Gasteiger partial charge >= 0.3 is 0 Å². The van der Waals surface area contributed by atoms with Crippen LogP contribution in [0.5, 0.6) is 0 Å². The topological polar surface area (TPSA) is 88.3 Å². The standard InChI is InChI=1S/C13H24N4O2S2/c1-4-17(5-2)8-9(3)15-13-11(12(14)16-20-13)21(18,19)10-6-7-10/h9-10,15H,4-8H2,1-3H3,(H2,14,16). The van der Waals surface area contributed by atoms with Crippen molar-refractivity contribution in [3.05, 3.63) is 0 Å². The van der Waals surface area contributed by atoms with Crippen LogP contribution in [0.1, 0.15) is 33.6 Å². The average Bonchev–Trinajstić information content (AvgIpc) is 3.22. The van der Waals surface area contributed by atoms with E-state index in [9.17, 15) is 8.42 Å². The molecule has 0 radical (unpaired) electrons. The molecule has 1 aromatic rings. The molecule has 8 heteroatoms. The van der Waals surface area contributed by atoms with Crippen molar-refractivity contribution in [3.63, 3.8) is 0 Å². The van der Waals surface area contributed by atoms with Gasteiger partial charge in [-0.15, -0.1) is 0 Å². The lowest BCUT2D eigenvalue weighted by Gasteiger charge is -2.23. The van der Waals surface area contributed by atoms with E-state index in [0.29, 0.717) is 5.00 Å². The summed E-state index contributed by atoms with van der Waals surface area (Å²) in [6, 6.07) is 0.137. The van der Waals surface area contributed by atoms with Crippen LogP contribution in [0, 0.1) is 0 Å². The van der Waals surface area contributed by atoms with Gasteiger partial charge in [0.05, 0.1) is 5.25 Å². The Hall–Kier alpha value is -0.860. The van der Waals surface area contributed by atoms with Crippen molar-refractivity contribution in [1.82, 2.24) is 9.27 Å². The second-order valence-corrected chi connectivity index (χ2v) is 8.44. The summed E-state index contributed by atoms with van der Waals surface area (Å²) in [5.41, 5.74) is 5.79. The average molecular weight is 332 g/mol. The molecule has 1 atom stereocenters. The van der Waals surface area contributed by atoms with Crippen LogP contribution < -0.4 is 11.1 Å². The molecule has 6 nitrogen and oxygen atoms in total. The Balaban J connectivity index is 2.14. The second kappa shape index (κ2) is 6.50. The van der Waals surface area contributed by atoms with Gasteiger partial charge in [-0.2, -0.15) is 4.37 Å². The molecule has 1 fully saturated rings. The van der Waals surface area contributed by atoms with E-state index in [1.807, 2.05) is 6.92 Å². The number of anilines is 2. The molecule has 1 unspecified atom stereocenters. The fourth-order valence-corrected chi connectivity index (χ4v) is 5.33. The van der Waals surface area contributed by atoms with Crippen LogP contribution in [0.25, 0.3) is 0 Å². The largest absolute Gasteiger partial charge is 0.382 e. The Morgan fingerprint density at radius 2 is 2.05 bits per heavy atom. The first-order chi connectivity index (χ1) is 9.90. The lowest BCUT2D eigenvalue weighted by atomic mass is 10.3. The van der Waals surface area contributed by atoms with Gasteiger partial charge in [-0.05, 0) is 44.4 Å². The highest BCUT2D eigenvalue weighted by atomic mass is 32.2. The monoisotopic (exact) mass is 332 g/mol. The number of nitrogens with two attached hydrogens (primary N) is 1. The summed E-state index contributed by atoms with van der Waals surface area (Å²) in [7, 11) is -3.32. The third-order valence-corrected chi connectivity index (χ3v) is 6.98. The normalized spacial score (nSPS) is 17.1. The van der Waals surface area contributed by atoms with E-state index in [1.54, 1.807) is 0 Å². The minimum atomic E-state index is -3.32. The molecular formula is C13H24N4O2S2. The minimum Gasteiger partial charge on any atom is -0.382 e. The van der Waals surface area contributed by atoms with Gasteiger partial charge in [0.2, 0.25) is 0 Å². The number of rotatable bonds is 8. The SMILES string of the molecule is CCN(CC)CC(C)Nc1snc(N)c1S(=O)(=O)C1CC1. The molecule has 0 bridgehead atoms. The first kappa shape index (κ1) is 16.5. The summed E-state index contributed by atoms with van der Waals surface area (Å²) in [4.78, 5) is 2.50. The van der Waals surface area contributed by atoms with Crippen molar-refractivity contribution < 1.29 is 8.42 Å². The molecular weight excluding hydrogens is 308 g/mol. The summed E-state index contributed by atoms with van der Waals surface area (Å²) in [5, 5.41) is 3.59. The van der Waals surface area contributed by atoms with E-state index < -0.39 is 9.84 Å². The van der Waals surface area contributed by atoms with E-state index >= 15 is 0 Å². The maximum atomic E-state index is 12.4. The molecule has 3 N–H and O–H groups in total. The van der Waals surface area contributed by atoms with Crippen LogP contribution in [-0.4, -0.2) is 48.6 Å². The Kier molecular flexibility index (Phi) is 5.11. The predicted octanol–water partition coefficient (Wildman–Crippen LogP) is 1.80. The second-order valence-electron chi connectivity index (χ2n) is 5.50. The molecule has 1 aromatic heterocycles. The number of nitrogens with one attached hydrogen (secondary N) is 1. The van der Waals surface area contributed by atoms with Crippen LogP contribution in [0.15, 0.2) is 4.90 Å². The van der Waals surface area contributed by atoms with E-state index in [0.717, 1.165) is 44.0 Å². The number of hydrogen-bond donors (Lipinski definition) is 2. The minimum absolute atomic E-state index is 0.129. The van der Waals surface area contributed by atoms with E-state index in [-0.39, 0.29) is 22.0 Å². The van der Waals surface area contributed by atoms with Gasteiger partial charge in [0.25, 0.3) is 0 Å². The Morgan fingerprint density at radius 1 is 1.43 bits per heavy atom. The van der Waals surface area contributed by atoms with Crippen LogP contribution >= 0.6 is 11.5 Å². The lowest BCUT2D eigenvalue weighted by Crippen LogP contribution is -2.34. The molecule has 120 valence electrons. The third-order valence-electron chi connectivity index (χ3n) is 3.73. The molecule has 2 rings (SSSR count). The van der Waals surface area contributed by atoms with Gasteiger partial charge in [-0.25, -0.2) is 8.42 Å². The van der Waals surface area contributed by atoms with Crippen molar-refractivity contribution in [2.75, 3.05) is 30.7 Å². The van der Waals surface area contributed by atoms with Crippen molar-refractivity contribution in [1.29, 1.82) is 0 Å². The van der Waals surface area contributed by atoms with Crippen LogP contribution in [0.4, 0.5) is 10.8 Å². The van der Waals surface area contributed by atoms with Crippen molar-refractivity contribution >= 4 is 32.2 Å². The molecule has 1 saturated carbocycles. The first-order valence-electron chi connectivity index (χ1n) is 7.38. The Bertz CT molecular complexity index is 577. The predicted molar refractivity (Wildman–Crippen MR) is 87.6 cm³/mol. The molecule has 0 saturated heterocycles. The zero-order valence-electron chi connectivity index (χ0n) is 12.8. The van der Waals surface area contributed by atoms with Crippen LogP contribution in [0.3, 0.4) is 0 Å². The zero-order valence-corrected chi connectivity index (χ0v) is 14.4. The molecule has 1 heterocycles. The maximum absolute atomic E-state index is 12.4. The summed E-state index contributed by atoms with van der Waals surface area (Å²) in [6.07, 6.45) is 1.46. The Labute approximate surface area is 130 Å². The Morgan fingerprint density at radius 3 is 2.57 bits per heavy atom. The maximum Gasteiger partial charge on any atom is 0.187 e. The zero-order chi connectivity index (χ0) is 15.6. The fraction of sp³-hybridized carbons (Fsp3) is 0.769. The third kappa shape index (κ3) is 3.67. The highest BCUT2D eigenvalue weighted by molar-refractivity contribution is 7.92. The van der Waals surface area contributed by atoms with E-state index in [4.69, 9.17) is 5.73 Å². The van der Waals surface area contributed by atoms with Crippen molar-refractivity contribution in [3.8, 4) is 0 Å². The number of hydrogen-bond acceptors (Lipinski definition) is 7. The van der Waals surface area contributed by atoms with Gasteiger partial charge in [-0.1, -0.05) is 13.8 Å². The smallest absolute Gasteiger partial charge is 0.187 e. The summed E-state index contributed by atoms with van der Waals surface area (Å²) in [6.45, 7) is 9.07. The summed E-state index contributed by atoms with van der Waals surface area (Å²) >= 11 is 1.14. The molecule has 1 aliphatic carbocycles. The molecule has 1 aliphatic rings. The van der Waals surface area contributed by atoms with Crippen molar-refractivity contribution in [2.45, 2.75) is 49.8 Å². The van der Waals surface area contributed by atoms with E-state index in [1.165, 1.54) is 0 Å². The quantitative estimate of drug-likeness (QED) is 0.755. The molecule has 0 aliphatic heterocycles. The van der Waals surface area contributed by atoms with Crippen LogP contribution in [-0.2, 0) is 9.84 Å². The highest BCUT2D eigenvalue weighted by Crippen LogP contribution is 2.41. The van der Waals surface area contributed by atoms with Gasteiger partial charge in [0.15, 0.2) is 15.7 Å². The first-order valence-corrected chi connectivity index (χ1v) is 9.70. The van der Waals surface area contributed by atoms with Crippen molar-refractivity contribution in [2.24, 2.45) is 0 Å². The summed E-state index contributed by atoms with van der Waals surface area (Å²) in [5.74, 6) is 0.129. The highest BCUT2D eigenvalue weighted by Gasteiger charge is 2.40. The van der Waals surface area contributed by atoms with Crippen LogP contribution in [0.2, 0.25) is 0 Å². The molecule has 0 spiro atoms. The molecule has 21 heavy (non-hydrogen) atoms. The fourth-order valence-electron chi connectivity index (χ4n) is 2.34. The van der Waals surface area contributed by atoms with E-state index in [2.05, 4.69) is 28.4 Å². The number of nitrogens with zero attached hydrogens (tertiary/aromatic N) is 2. The summed E-state index contributed by atoms with van der Waals surface area (Å²) < 4.78 is 28.9. The number of aromatic nitrogens is 1. The van der Waals surface area contributed by atoms with Gasteiger partial charge in [0.1, 0.15) is 9.90 Å². The lowest BCUT2D eigenvalue weighted by molar-refractivity contribution is 0.295. The number of likely N-dealkylation sites (N-methyl/N-ethyl adjacent to an activating group) is 1. The number of nitrogen functional groups attached to an aromatic ring is 1. The van der Waals surface area contributed by atoms with Gasteiger partial charge in [0, 0.05) is 12.6 Å². The van der Waals surface area contributed by atoms with Gasteiger partial charge < -0.3 is 16.0 Å². The van der Waals surface area contributed by atoms with Gasteiger partial charge in [-0.3, -0.25) is 0 Å². The molecule has 0 aromatic carbocycles. The number of sulfone groups is 1. The molecule has 0 amide bonds.